The minimum atomic E-state index is -2.00. The number of nitrogens with zero attached hydrogens (tertiary/aromatic N) is 2. The Labute approximate surface area is 88.4 Å². The quantitative estimate of drug-likeness (QED) is 0.784. The molecule has 0 spiro atoms. The minimum absolute atomic E-state index is 0.309. The maximum atomic E-state index is 10.8. The first-order chi connectivity index (χ1) is 7.16. The fourth-order valence-electron chi connectivity index (χ4n) is 1.15. The molecule has 5 nitrogen and oxygen atoms in total. The van der Waals surface area contributed by atoms with Crippen LogP contribution in [0.5, 0.6) is 0 Å². The van der Waals surface area contributed by atoms with Crippen molar-refractivity contribution in [3.05, 3.63) is 30.2 Å². The zero-order valence-electron chi connectivity index (χ0n) is 7.88. The molecule has 1 unspecified atom stereocenters. The molecule has 0 saturated heterocycles. The highest BCUT2D eigenvalue weighted by molar-refractivity contribution is 7.79. The smallest absolute Gasteiger partial charge is 0.247 e. The van der Waals surface area contributed by atoms with E-state index in [-0.39, 0.29) is 0 Å². The lowest BCUT2D eigenvalue weighted by Gasteiger charge is -1.97. The van der Waals surface area contributed by atoms with Gasteiger partial charge in [0.05, 0.1) is 4.90 Å². The van der Waals surface area contributed by atoms with Crippen molar-refractivity contribution in [3.8, 4) is 11.5 Å². The zero-order valence-corrected chi connectivity index (χ0v) is 8.69. The van der Waals surface area contributed by atoms with E-state index in [0.717, 1.165) is 0 Å². The normalized spacial score (nSPS) is 12.7. The number of aryl methyl sites for hydroxylation is 1. The lowest BCUT2D eigenvalue weighted by molar-refractivity contribution is 0.532. The topological polar surface area (TPSA) is 76.2 Å². The molecular weight excluding hydrogens is 216 g/mol. The lowest BCUT2D eigenvalue weighted by atomic mass is 10.2. The van der Waals surface area contributed by atoms with Gasteiger partial charge in [0.1, 0.15) is 0 Å². The Morgan fingerprint density at radius 2 is 2.20 bits per heavy atom. The van der Waals surface area contributed by atoms with E-state index in [2.05, 4.69) is 10.2 Å². The SMILES string of the molecule is Cc1nnc(-c2cccc(S(=O)O)c2)o1. The molecule has 0 fully saturated rings. The second kappa shape index (κ2) is 3.92. The molecule has 1 aromatic carbocycles. The first kappa shape index (κ1) is 10.0. The van der Waals surface area contributed by atoms with Gasteiger partial charge >= 0.3 is 0 Å². The maximum absolute atomic E-state index is 10.8. The molecule has 0 radical (unpaired) electrons. The van der Waals surface area contributed by atoms with Crippen LogP contribution in [0.15, 0.2) is 33.6 Å². The number of benzene rings is 1. The third-order valence-corrected chi connectivity index (χ3v) is 2.47. The van der Waals surface area contributed by atoms with Gasteiger partial charge < -0.3 is 8.97 Å². The Hall–Kier alpha value is -1.53. The van der Waals surface area contributed by atoms with Gasteiger partial charge in [-0.2, -0.15) is 0 Å². The van der Waals surface area contributed by atoms with Gasteiger partial charge in [0.15, 0.2) is 11.1 Å². The fraction of sp³-hybridized carbons (Fsp3) is 0.111. The van der Waals surface area contributed by atoms with Crippen molar-refractivity contribution in [1.29, 1.82) is 0 Å². The van der Waals surface area contributed by atoms with Gasteiger partial charge in [0, 0.05) is 12.5 Å². The van der Waals surface area contributed by atoms with E-state index < -0.39 is 11.1 Å². The molecule has 78 valence electrons. The predicted octanol–water partition coefficient (Wildman–Crippen LogP) is 1.63. The number of hydrogen-bond donors (Lipinski definition) is 1. The van der Waals surface area contributed by atoms with Crippen molar-refractivity contribution >= 4 is 11.1 Å². The molecule has 0 aliphatic carbocycles. The largest absolute Gasteiger partial charge is 0.421 e. The Bertz CT molecular complexity index is 510. The molecule has 1 aromatic heterocycles. The summed E-state index contributed by atoms with van der Waals surface area (Å²) in [5.41, 5.74) is 0.635. The van der Waals surface area contributed by atoms with Gasteiger partial charge in [-0.3, -0.25) is 0 Å². The summed E-state index contributed by atoms with van der Waals surface area (Å²) in [4.78, 5) is 0.309. The van der Waals surface area contributed by atoms with Crippen LogP contribution >= 0.6 is 0 Å². The highest BCUT2D eigenvalue weighted by Gasteiger charge is 2.08. The third-order valence-electron chi connectivity index (χ3n) is 1.81. The molecule has 0 aliphatic heterocycles. The average molecular weight is 224 g/mol. The Balaban J connectivity index is 2.45. The summed E-state index contributed by atoms with van der Waals surface area (Å²) < 4.78 is 24.9. The van der Waals surface area contributed by atoms with Crippen LogP contribution in [-0.2, 0) is 11.1 Å². The van der Waals surface area contributed by atoms with Gasteiger partial charge in [-0.25, -0.2) is 4.21 Å². The van der Waals surface area contributed by atoms with E-state index in [1.807, 2.05) is 0 Å². The summed E-state index contributed by atoms with van der Waals surface area (Å²) in [7, 11) is 0. The standard InChI is InChI=1S/C9H8N2O3S/c1-6-10-11-9(14-6)7-3-2-4-8(5-7)15(12)13/h2-5H,1H3,(H,12,13). The van der Waals surface area contributed by atoms with Crippen LogP contribution in [-0.4, -0.2) is 19.0 Å². The van der Waals surface area contributed by atoms with Gasteiger partial charge in [-0.05, 0) is 18.2 Å². The van der Waals surface area contributed by atoms with Crippen LogP contribution in [0.4, 0.5) is 0 Å². The molecule has 1 heterocycles. The van der Waals surface area contributed by atoms with Crippen LogP contribution in [0.25, 0.3) is 11.5 Å². The van der Waals surface area contributed by atoms with E-state index in [9.17, 15) is 4.21 Å². The molecule has 0 amide bonds. The highest BCUT2D eigenvalue weighted by atomic mass is 32.2. The average Bonchev–Trinajstić information content (AvgIpc) is 2.65. The van der Waals surface area contributed by atoms with Crippen LogP contribution in [0, 0.1) is 6.92 Å². The van der Waals surface area contributed by atoms with E-state index in [1.54, 1.807) is 31.2 Å². The van der Waals surface area contributed by atoms with Crippen LogP contribution in [0.1, 0.15) is 5.89 Å². The van der Waals surface area contributed by atoms with Crippen molar-refractivity contribution in [3.63, 3.8) is 0 Å². The van der Waals surface area contributed by atoms with E-state index in [4.69, 9.17) is 8.97 Å². The molecule has 1 atom stereocenters. The summed E-state index contributed by atoms with van der Waals surface area (Å²) in [5, 5.41) is 7.50. The van der Waals surface area contributed by atoms with Gasteiger partial charge in [-0.1, -0.05) is 6.07 Å². The van der Waals surface area contributed by atoms with Gasteiger partial charge in [0.2, 0.25) is 11.8 Å². The molecule has 2 rings (SSSR count). The summed E-state index contributed by atoms with van der Waals surface area (Å²) >= 11 is -2.00. The molecule has 1 N–H and O–H groups in total. The molecule has 0 bridgehead atoms. The summed E-state index contributed by atoms with van der Waals surface area (Å²) in [6, 6.07) is 6.51. The number of hydrogen-bond acceptors (Lipinski definition) is 4. The Morgan fingerprint density at radius 1 is 1.40 bits per heavy atom. The van der Waals surface area contributed by atoms with Gasteiger partial charge in [-0.15, -0.1) is 10.2 Å². The Morgan fingerprint density at radius 3 is 2.80 bits per heavy atom. The molecule has 0 saturated carbocycles. The van der Waals surface area contributed by atoms with Crippen molar-refractivity contribution < 1.29 is 13.2 Å². The van der Waals surface area contributed by atoms with E-state index in [1.165, 1.54) is 0 Å². The maximum Gasteiger partial charge on any atom is 0.247 e. The highest BCUT2D eigenvalue weighted by Crippen LogP contribution is 2.19. The molecule has 6 heteroatoms. The van der Waals surface area contributed by atoms with Crippen molar-refractivity contribution in [2.24, 2.45) is 0 Å². The second-order valence-corrected chi connectivity index (χ2v) is 3.87. The van der Waals surface area contributed by atoms with E-state index in [0.29, 0.717) is 22.2 Å². The fourth-order valence-corrected chi connectivity index (χ4v) is 1.57. The second-order valence-electron chi connectivity index (χ2n) is 2.90. The number of aromatic nitrogens is 2. The predicted molar refractivity (Wildman–Crippen MR) is 53.5 cm³/mol. The minimum Gasteiger partial charge on any atom is -0.421 e. The monoisotopic (exact) mass is 224 g/mol. The lowest BCUT2D eigenvalue weighted by Crippen LogP contribution is -1.88. The van der Waals surface area contributed by atoms with Crippen molar-refractivity contribution in [1.82, 2.24) is 10.2 Å². The van der Waals surface area contributed by atoms with Gasteiger partial charge in [0.25, 0.3) is 0 Å². The molecule has 0 aliphatic rings. The van der Waals surface area contributed by atoms with Crippen molar-refractivity contribution in [2.45, 2.75) is 11.8 Å². The summed E-state index contributed by atoms with van der Waals surface area (Å²) in [6.07, 6.45) is 0. The van der Waals surface area contributed by atoms with Crippen LogP contribution in [0.3, 0.4) is 0 Å². The molecule has 15 heavy (non-hydrogen) atoms. The molecular formula is C9H8N2O3S. The van der Waals surface area contributed by atoms with Crippen LogP contribution < -0.4 is 0 Å². The molecule has 2 aromatic rings. The number of rotatable bonds is 2. The summed E-state index contributed by atoms with van der Waals surface area (Å²) in [6.45, 7) is 1.69. The Kier molecular flexibility index (Phi) is 2.61. The van der Waals surface area contributed by atoms with Crippen molar-refractivity contribution in [2.75, 3.05) is 0 Å². The zero-order chi connectivity index (χ0) is 10.8. The first-order valence-corrected chi connectivity index (χ1v) is 5.29. The summed E-state index contributed by atoms with van der Waals surface area (Å²) in [5.74, 6) is 0.806. The third kappa shape index (κ3) is 2.11. The first-order valence-electron chi connectivity index (χ1n) is 4.18. The van der Waals surface area contributed by atoms with E-state index >= 15 is 0 Å². The van der Waals surface area contributed by atoms with Crippen LogP contribution in [0.2, 0.25) is 0 Å².